The molecule has 0 aliphatic carbocycles. The van der Waals surface area contributed by atoms with Gasteiger partial charge < -0.3 is 15.4 Å². The first-order chi connectivity index (χ1) is 16.4. The number of hydrogen-bond donors (Lipinski definition) is 2. The molecule has 0 bridgehead atoms. The maximum Gasteiger partial charge on any atom is 0.253 e. The normalized spacial score (nSPS) is 14.1. The van der Waals surface area contributed by atoms with Crippen LogP contribution in [-0.4, -0.2) is 51.3 Å². The van der Waals surface area contributed by atoms with E-state index in [1.54, 1.807) is 42.5 Å². The molecule has 0 spiro atoms. The molecule has 1 saturated heterocycles. The van der Waals surface area contributed by atoms with E-state index in [9.17, 15) is 18.0 Å². The lowest BCUT2D eigenvalue weighted by atomic mass is 10.1. The summed E-state index contributed by atoms with van der Waals surface area (Å²) in [4.78, 5) is 25.4. The molecule has 9 heteroatoms. The lowest BCUT2D eigenvalue weighted by Gasteiger charge is -2.17. The Balaban J connectivity index is 1.69. The fourth-order valence-electron chi connectivity index (χ4n) is 3.91. The fraction of sp³-hybridized carbons (Fsp3) is 0.440. The van der Waals surface area contributed by atoms with Crippen molar-refractivity contribution in [3.05, 3.63) is 53.6 Å². The molecule has 1 aliphatic heterocycles. The first kappa shape index (κ1) is 25.7. The summed E-state index contributed by atoms with van der Waals surface area (Å²) in [5, 5.41) is 5.67. The maximum atomic E-state index is 12.9. The minimum atomic E-state index is -3.57. The minimum Gasteiger partial charge on any atom is -0.496 e. The van der Waals surface area contributed by atoms with E-state index in [0.29, 0.717) is 48.6 Å². The maximum absolute atomic E-state index is 12.9. The van der Waals surface area contributed by atoms with Crippen molar-refractivity contribution in [3.8, 4) is 5.75 Å². The van der Waals surface area contributed by atoms with Crippen LogP contribution >= 0.6 is 0 Å². The molecule has 3 rings (SSSR count). The molecular weight excluding hydrogens is 454 g/mol. The summed E-state index contributed by atoms with van der Waals surface area (Å²) in [5.41, 5.74) is 1.49. The quantitative estimate of drug-likeness (QED) is 0.472. The number of carbonyl (C=O) groups excluding carboxylic acids is 2. The molecule has 1 heterocycles. The van der Waals surface area contributed by atoms with Gasteiger partial charge in [0.15, 0.2) is 0 Å². The van der Waals surface area contributed by atoms with E-state index in [0.717, 1.165) is 25.7 Å². The van der Waals surface area contributed by atoms with Gasteiger partial charge in [-0.05, 0) is 61.6 Å². The van der Waals surface area contributed by atoms with E-state index in [4.69, 9.17) is 4.74 Å². The number of ether oxygens (including phenoxy) is 1. The zero-order chi connectivity index (χ0) is 24.6. The molecule has 2 N–H and O–H groups in total. The van der Waals surface area contributed by atoms with Crippen LogP contribution in [0.4, 0.5) is 5.69 Å². The molecule has 0 saturated carbocycles. The van der Waals surface area contributed by atoms with Gasteiger partial charge in [0, 0.05) is 26.1 Å². The standard InChI is InChI=1S/C25H33N3O5S/c1-3-4-15-26-25(30)21-9-5-6-10-22(21)27-24(29)14-11-19-18-20(12-13-23(19)33-2)34(31,32)28-16-7-8-17-28/h5-6,9-10,12-13,18H,3-4,7-8,11,14-17H2,1-2H3,(H,26,30)(H,27,29). The number of anilines is 1. The Morgan fingerprint density at radius 3 is 2.53 bits per heavy atom. The predicted molar refractivity (Wildman–Crippen MR) is 132 cm³/mol. The monoisotopic (exact) mass is 487 g/mol. The fourth-order valence-corrected chi connectivity index (χ4v) is 5.48. The Labute approximate surface area is 201 Å². The Bertz CT molecular complexity index is 1110. The van der Waals surface area contributed by atoms with Gasteiger partial charge in [0.2, 0.25) is 15.9 Å². The van der Waals surface area contributed by atoms with Gasteiger partial charge in [0.1, 0.15) is 5.75 Å². The van der Waals surface area contributed by atoms with Gasteiger partial charge in [-0.3, -0.25) is 9.59 Å². The van der Waals surface area contributed by atoms with Gasteiger partial charge >= 0.3 is 0 Å². The molecule has 0 radical (unpaired) electrons. The average molecular weight is 488 g/mol. The zero-order valence-electron chi connectivity index (χ0n) is 19.8. The van der Waals surface area contributed by atoms with E-state index in [1.165, 1.54) is 11.4 Å². The average Bonchev–Trinajstić information content (AvgIpc) is 3.39. The van der Waals surface area contributed by atoms with Crippen molar-refractivity contribution in [1.29, 1.82) is 0 Å². The van der Waals surface area contributed by atoms with E-state index in [-0.39, 0.29) is 23.1 Å². The smallest absolute Gasteiger partial charge is 0.253 e. The largest absolute Gasteiger partial charge is 0.496 e. The van der Waals surface area contributed by atoms with Crippen LogP contribution in [0.15, 0.2) is 47.4 Å². The van der Waals surface area contributed by atoms with Crippen molar-refractivity contribution in [2.75, 3.05) is 32.1 Å². The van der Waals surface area contributed by atoms with Gasteiger partial charge in [-0.2, -0.15) is 4.31 Å². The first-order valence-electron chi connectivity index (χ1n) is 11.7. The summed E-state index contributed by atoms with van der Waals surface area (Å²) in [7, 11) is -2.05. The summed E-state index contributed by atoms with van der Waals surface area (Å²) < 4.78 is 32.7. The lowest BCUT2D eigenvalue weighted by molar-refractivity contribution is -0.116. The highest BCUT2D eigenvalue weighted by Crippen LogP contribution is 2.27. The van der Waals surface area contributed by atoms with Crippen molar-refractivity contribution >= 4 is 27.5 Å². The molecule has 0 unspecified atom stereocenters. The summed E-state index contributed by atoms with van der Waals surface area (Å²) in [6.07, 6.45) is 3.98. The number of benzene rings is 2. The highest BCUT2D eigenvalue weighted by atomic mass is 32.2. The van der Waals surface area contributed by atoms with Gasteiger partial charge in [-0.25, -0.2) is 8.42 Å². The van der Waals surface area contributed by atoms with Crippen LogP contribution in [0.1, 0.15) is 54.9 Å². The third-order valence-corrected chi connectivity index (χ3v) is 7.73. The van der Waals surface area contributed by atoms with Crippen LogP contribution in [0.3, 0.4) is 0 Å². The molecule has 8 nitrogen and oxygen atoms in total. The molecular formula is C25H33N3O5S. The molecule has 184 valence electrons. The van der Waals surface area contributed by atoms with Gasteiger partial charge in [0.25, 0.3) is 5.91 Å². The number of hydrogen-bond acceptors (Lipinski definition) is 5. The summed E-state index contributed by atoms with van der Waals surface area (Å²) in [6, 6.07) is 11.6. The molecule has 0 aromatic heterocycles. The molecule has 2 amide bonds. The lowest BCUT2D eigenvalue weighted by Crippen LogP contribution is -2.28. The van der Waals surface area contributed by atoms with Crippen LogP contribution in [0, 0.1) is 0 Å². The predicted octanol–water partition coefficient (Wildman–Crippen LogP) is 3.58. The topological polar surface area (TPSA) is 105 Å². The summed E-state index contributed by atoms with van der Waals surface area (Å²) in [6.45, 7) is 3.68. The van der Waals surface area contributed by atoms with Crippen LogP contribution in [0.25, 0.3) is 0 Å². The number of carbonyl (C=O) groups is 2. The van der Waals surface area contributed by atoms with Crippen LogP contribution in [0.2, 0.25) is 0 Å². The first-order valence-corrected chi connectivity index (χ1v) is 13.1. The van der Waals surface area contributed by atoms with Gasteiger partial charge in [-0.1, -0.05) is 25.5 Å². The van der Waals surface area contributed by atoms with Crippen LogP contribution in [0.5, 0.6) is 5.75 Å². The third-order valence-electron chi connectivity index (χ3n) is 5.84. The van der Waals surface area contributed by atoms with Crippen molar-refractivity contribution in [1.82, 2.24) is 9.62 Å². The van der Waals surface area contributed by atoms with Crippen molar-refractivity contribution < 1.29 is 22.7 Å². The second-order valence-corrected chi connectivity index (χ2v) is 10.2. The van der Waals surface area contributed by atoms with Crippen molar-refractivity contribution in [2.45, 2.75) is 50.3 Å². The number of para-hydroxylation sites is 1. The van der Waals surface area contributed by atoms with Crippen molar-refractivity contribution in [2.24, 2.45) is 0 Å². The molecule has 1 fully saturated rings. The second-order valence-electron chi connectivity index (χ2n) is 8.29. The number of sulfonamides is 1. The molecule has 34 heavy (non-hydrogen) atoms. The zero-order valence-corrected chi connectivity index (χ0v) is 20.6. The van der Waals surface area contributed by atoms with E-state index in [1.807, 2.05) is 6.92 Å². The number of nitrogens with one attached hydrogen (secondary N) is 2. The minimum absolute atomic E-state index is 0.107. The van der Waals surface area contributed by atoms with Crippen molar-refractivity contribution in [3.63, 3.8) is 0 Å². The SMILES string of the molecule is CCCCNC(=O)c1ccccc1NC(=O)CCc1cc(S(=O)(=O)N2CCCC2)ccc1OC. The molecule has 2 aromatic carbocycles. The highest BCUT2D eigenvalue weighted by molar-refractivity contribution is 7.89. The Morgan fingerprint density at radius 2 is 1.82 bits per heavy atom. The number of nitrogens with zero attached hydrogens (tertiary/aromatic N) is 1. The highest BCUT2D eigenvalue weighted by Gasteiger charge is 2.28. The van der Waals surface area contributed by atoms with E-state index < -0.39 is 10.0 Å². The number of unbranched alkanes of at least 4 members (excludes halogenated alkanes) is 1. The summed E-state index contributed by atoms with van der Waals surface area (Å²) >= 11 is 0. The Morgan fingerprint density at radius 1 is 1.09 bits per heavy atom. The number of amides is 2. The molecule has 2 aromatic rings. The van der Waals surface area contributed by atoms with E-state index >= 15 is 0 Å². The molecule has 1 aliphatic rings. The summed E-state index contributed by atoms with van der Waals surface area (Å²) in [5.74, 6) is 0.0263. The Kier molecular flexibility index (Phi) is 9.06. The number of aryl methyl sites for hydroxylation is 1. The van der Waals surface area contributed by atoms with Crippen LogP contribution in [-0.2, 0) is 21.2 Å². The van der Waals surface area contributed by atoms with Gasteiger partial charge in [0.05, 0.1) is 23.3 Å². The van der Waals surface area contributed by atoms with Gasteiger partial charge in [-0.15, -0.1) is 0 Å². The van der Waals surface area contributed by atoms with E-state index in [2.05, 4.69) is 10.6 Å². The molecule has 0 atom stereocenters. The Hall–Kier alpha value is -2.91. The second kappa shape index (κ2) is 12.0. The van der Waals surface area contributed by atoms with Crippen LogP contribution < -0.4 is 15.4 Å². The number of methoxy groups -OCH3 is 1. The number of rotatable bonds is 11. The third kappa shape index (κ3) is 6.36.